The van der Waals surface area contributed by atoms with Crippen molar-refractivity contribution < 1.29 is 27.0 Å². The van der Waals surface area contributed by atoms with Crippen molar-refractivity contribution in [3.63, 3.8) is 0 Å². The van der Waals surface area contributed by atoms with Gasteiger partial charge in [0.1, 0.15) is 5.75 Å². The number of phenolic OH excluding ortho intramolecular Hbond substituents is 1. The standard InChI is InChI=1S/C14H11O2.C5H5.Fe/c15-13-8-4-3-7-12(13)14(16)10-9-11-5-1-2-6-11;1-2-4-5-3-1;/h1-10,15H;1-5H;/q2*-1;+2. The summed E-state index contributed by atoms with van der Waals surface area (Å²) in [6.07, 6.45) is 3.19. The van der Waals surface area contributed by atoms with E-state index in [9.17, 15) is 9.90 Å². The summed E-state index contributed by atoms with van der Waals surface area (Å²) >= 11 is 0. The van der Waals surface area contributed by atoms with Crippen LogP contribution in [0.5, 0.6) is 5.75 Å². The number of hydrogen-bond acceptors (Lipinski definition) is 2. The molecule has 22 heavy (non-hydrogen) atoms. The zero-order chi connectivity index (χ0) is 14.9. The Morgan fingerprint density at radius 2 is 1.68 bits per heavy atom. The largest absolute Gasteiger partial charge is 2.00 e. The van der Waals surface area contributed by atoms with Crippen molar-refractivity contribution in [2.24, 2.45) is 0 Å². The number of phenols is 1. The molecule has 0 saturated carbocycles. The Labute approximate surface area is 140 Å². The van der Waals surface area contributed by atoms with E-state index < -0.39 is 0 Å². The molecule has 3 rings (SSSR count). The summed E-state index contributed by atoms with van der Waals surface area (Å²) < 4.78 is 0. The Hall–Kier alpha value is -2.35. The van der Waals surface area contributed by atoms with Crippen molar-refractivity contribution in [3.8, 4) is 5.75 Å². The first-order valence-corrected chi connectivity index (χ1v) is 6.66. The van der Waals surface area contributed by atoms with Gasteiger partial charge in [-0.05, 0) is 12.1 Å². The van der Waals surface area contributed by atoms with Crippen molar-refractivity contribution in [3.05, 3.63) is 96.1 Å². The third kappa shape index (κ3) is 5.57. The molecule has 3 aromatic rings. The molecule has 0 aliphatic heterocycles. The first-order valence-electron chi connectivity index (χ1n) is 6.66. The molecule has 0 aromatic heterocycles. The molecule has 3 aromatic carbocycles. The van der Waals surface area contributed by atoms with E-state index in [1.54, 1.807) is 24.3 Å². The fraction of sp³-hybridized carbons (Fsp3) is 0. The predicted octanol–water partition coefficient (Wildman–Crippen LogP) is 4.41. The molecule has 0 unspecified atom stereocenters. The van der Waals surface area contributed by atoms with Crippen LogP contribution in [0.15, 0.2) is 84.9 Å². The first kappa shape index (κ1) is 17.7. The molecule has 0 fully saturated rings. The van der Waals surface area contributed by atoms with Crippen LogP contribution in [0.4, 0.5) is 0 Å². The number of hydrogen-bond donors (Lipinski definition) is 1. The van der Waals surface area contributed by atoms with Crippen molar-refractivity contribution in [1.29, 1.82) is 0 Å². The number of benzene rings is 1. The van der Waals surface area contributed by atoms with Crippen LogP contribution in [-0.2, 0) is 17.1 Å². The van der Waals surface area contributed by atoms with Gasteiger partial charge in [-0.25, -0.2) is 12.1 Å². The van der Waals surface area contributed by atoms with Gasteiger partial charge in [0, 0.05) is 0 Å². The molecule has 0 heterocycles. The maximum absolute atomic E-state index is 11.7. The van der Waals surface area contributed by atoms with E-state index in [2.05, 4.69) is 0 Å². The van der Waals surface area contributed by atoms with E-state index in [0.717, 1.165) is 5.56 Å². The number of carbonyl (C=O) groups excluding carboxylic acids is 1. The summed E-state index contributed by atoms with van der Waals surface area (Å²) in [7, 11) is 0. The maximum Gasteiger partial charge on any atom is 2.00 e. The Kier molecular flexibility index (Phi) is 7.69. The van der Waals surface area contributed by atoms with E-state index >= 15 is 0 Å². The van der Waals surface area contributed by atoms with E-state index in [-0.39, 0.29) is 28.6 Å². The molecule has 0 atom stereocenters. The summed E-state index contributed by atoms with van der Waals surface area (Å²) in [5.74, 6) is -0.182. The number of ketones is 1. The molecule has 0 bridgehead atoms. The van der Waals surface area contributed by atoms with Crippen molar-refractivity contribution in [2.75, 3.05) is 0 Å². The fourth-order valence-electron chi connectivity index (χ4n) is 1.76. The van der Waals surface area contributed by atoms with Gasteiger partial charge >= 0.3 is 17.1 Å². The molecule has 0 aliphatic rings. The topological polar surface area (TPSA) is 37.3 Å². The molecular weight excluding hydrogens is 316 g/mol. The minimum Gasteiger partial charge on any atom is -0.507 e. The molecule has 0 saturated heterocycles. The first-order chi connectivity index (χ1) is 10.3. The van der Waals surface area contributed by atoms with Crippen LogP contribution >= 0.6 is 0 Å². The summed E-state index contributed by atoms with van der Waals surface area (Å²) in [5.41, 5.74) is 1.30. The normalized spacial score (nSPS) is 9.64. The van der Waals surface area contributed by atoms with E-state index in [0.29, 0.717) is 5.56 Å². The Morgan fingerprint density at radius 1 is 0.955 bits per heavy atom. The number of carbonyl (C=O) groups is 1. The zero-order valence-electron chi connectivity index (χ0n) is 11.9. The minimum absolute atomic E-state index is 0. The smallest absolute Gasteiger partial charge is 0.507 e. The fourth-order valence-corrected chi connectivity index (χ4v) is 1.76. The van der Waals surface area contributed by atoms with Gasteiger partial charge in [-0.1, -0.05) is 18.2 Å². The molecule has 2 nitrogen and oxygen atoms in total. The van der Waals surface area contributed by atoms with Crippen LogP contribution in [0.3, 0.4) is 0 Å². The average Bonchev–Trinajstić information content (AvgIpc) is 3.21. The second-order valence-electron chi connectivity index (χ2n) is 4.40. The summed E-state index contributed by atoms with van der Waals surface area (Å²) in [4.78, 5) is 11.7. The molecule has 0 amide bonds. The van der Waals surface area contributed by atoms with Gasteiger partial charge in [0.15, 0.2) is 5.78 Å². The quantitative estimate of drug-likeness (QED) is 0.334. The van der Waals surface area contributed by atoms with Crippen LogP contribution in [0.25, 0.3) is 6.08 Å². The molecule has 1 N–H and O–H groups in total. The van der Waals surface area contributed by atoms with Gasteiger partial charge in [-0.2, -0.15) is 42.0 Å². The number of rotatable bonds is 3. The van der Waals surface area contributed by atoms with E-state index in [1.165, 1.54) is 12.1 Å². The monoisotopic (exact) mass is 332 g/mol. The van der Waals surface area contributed by atoms with Gasteiger partial charge < -0.3 is 5.11 Å². The molecule has 0 aliphatic carbocycles. The summed E-state index contributed by atoms with van der Waals surface area (Å²) in [6, 6.07) is 24.2. The number of para-hydroxylation sites is 1. The van der Waals surface area contributed by atoms with Crippen LogP contribution < -0.4 is 0 Å². The molecule has 3 heteroatoms. The molecule has 112 valence electrons. The average molecular weight is 332 g/mol. The Bertz CT molecular complexity index is 663. The van der Waals surface area contributed by atoms with Crippen LogP contribution in [0, 0.1) is 0 Å². The molecular formula is C19H16FeO2. The van der Waals surface area contributed by atoms with Gasteiger partial charge in [-0.15, -0.1) is 12.1 Å². The van der Waals surface area contributed by atoms with Crippen molar-refractivity contribution in [2.45, 2.75) is 0 Å². The third-order valence-electron chi connectivity index (χ3n) is 2.84. The van der Waals surface area contributed by atoms with Crippen molar-refractivity contribution in [1.82, 2.24) is 0 Å². The minimum atomic E-state index is -0.195. The summed E-state index contributed by atoms with van der Waals surface area (Å²) in [6.45, 7) is 0. The second kappa shape index (κ2) is 9.56. The summed E-state index contributed by atoms with van der Waals surface area (Å²) in [5, 5.41) is 9.48. The van der Waals surface area contributed by atoms with Crippen LogP contribution in [0.1, 0.15) is 15.9 Å². The van der Waals surface area contributed by atoms with Gasteiger partial charge in [-0.3, -0.25) is 4.79 Å². The van der Waals surface area contributed by atoms with Crippen LogP contribution in [0.2, 0.25) is 0 Å². The van der Waals surface area contributed by atoms with Crippen LogP contribution in [-0.4, -0.2) is 10.9 Å². The maximum atomic E-state index is 11.7. The predicted molar refractivity (Wildman–Crippen MR) is 85.5 cm³/mol. The van der Waals surface area contributed by atoms with E-state index in [1.807, 2.05) is 54.6 Å². The van der Waals surface area contributed by atoms with Gasteiger partial charge in [0.25, 0.3) is 0 Å². The number of aromatic hydroxyl groups is 1. The Balaban J connectivity index is 0.000000344. The van der Waals surface area contributed by atoms with Gasteiger partial charge in [0.2, 0.25) is 0 Å². The van der Waals surface area contributed by atoms with Gasteiger partial charge in [0.05, 0.1) is 5.56 Å². The molecule has 0 spiro atoms. The van der Waals surface area contributed by atoms with Crippen molar-refractivity contribution >= 4 is 11.9 Å². The van der Waals surface area contributed by atoms with E-state index in [4.69, 9.17) is 0 Å². The number of allylic oxidation sites excluding steroid dienone is 1. The Morgan fingerprint density at radius 3 is 2.23 bits per heavy atom. The zero-order valence-corrected chi connectivity index (χ0v) is 13.0. The third-order valence-corrected chi connectivity index (χ3v) is 2.84. The second-order valence-corrected chi connectivity index (χ2v) is 4.40. The SMILES string of the molecule is O=C(C=Cc1ccc[cH-]1)c1ccccc1O.[Fe+2].c1cc[cH-]c1. The molecule has 0 radical (unpaired) electrons.